The first-order valence-corrected chi connectivity index (χ1v) is 9.70. The lowest BCUT2D eigenvalue weighted by atomic mass is 9.85. The molecule has 1 saturated heterocycles. The number of hydrogen-bond acceptors (Lipinski definition) is 8. The second-order valence-corrected chi connectivity index (χ2v) is 7.43. The molecule has 0 bridgehead atoms. The number of carbonyl (C=O) groups excluding carboxylic acids is 3. The van der Waals surface area contributed by atoms with E-state index in [2.05, 4.69) is 6.58 Å². The molecule has 1 heterocycles. The number of carbonyl (C=O) groups is 3. The van der Waals surface area contributed by atoms with E-state index < -0.39 is 55.4 Å². The van der Waals surface area contributed by atoms with E-state index in [1.54, 1.807) is 13.0 Å². The van der Waals surface area contributed by atoms with Crippen molar-refractivity contribution in [1.82, 2.24) is 0 Å². The maximum absolute atomic E-state index is 12.5. The Labute approximate surface area is 175 Å². The minimum Gasteiger partial charge on any atom is -0.458 e. The summed E-state index contributed by atoms with van der Waals surface area (Å²) in [5.74, 6) is -2.44. The second-order valence-electron chi connectivity index (χ2n) is 7.43. The van der Waals surface area contributed by atoms with Gasteiger partial charge in [-0.05, 0) is 31.6 Å². The highest BCUT2D eigenvalue weighted by Gasteiger charge is 2.45. The molecule has 0 aromatic heterocycles. The average Bonchev–Trinajstić information content (AvgIpc) is 2.94. The summed E-state index contributed by atoms with van der Waals surface area (Å²) in [7, 11) is 0. The highest BCUT2D eigenvalue weighted by Crippen LogP contribution is 2.36. The summed E-state index contributed by atoms with van der Waals surface area (Å²) in [5.41, 5.74) is 1.67. The van der Waals surface area contributed by atoms with E-state index in [0.29, 0.717) is 18.4 Å². The molecule has 2 N–H and O–H groups in total. The summed E-state index contributed by atoms with van der Waals surface area (Å²) >= 11 is 0. The van der Waals surface area contributed by atoms with Gasteiger partial charge in [-0.2, -0.15) is 0 Å². The number of ether oxygens (including phenoxy) is 3. The molecule has 1 aliphatic heterocycles. The zero-order chi connectivity index (χ0) is 22.4. The molecular formula is C22H28O8. The van der Waals surface area contributed by atoms with Gasteiger partial charge in [0, 0.05) is 25.3 Å². The van der Waals surface area contributed by atoms with E-state index in [0.717, 1.165) is 5.57 Å². The smallest absolute Gasteiger partial charge is 0.336 e. The van der Waals surface area contributed by atoms with E-state index >= 15 is 0 Å². The van der Waals surface area contributed by atoms with Crippen molar-refractivity contribution in [2.75, 3.05) is 13.2 Å². The summed E-state index contributed by atoms with van der Waals surface area (Å²) in [6, 6.07) is 0. The van der Waals surface area contributed by atoms with Crippen LogP contribution in [0.15, 0.2) is 47.1 Å². The number of hydrogen-bond donors (Lipinski definition) is 2. The molecule has 1 fully saturated rings. The molecular weight excluding hydrogens is 392 g/mol. The Kier molecular flexibility index (Phi) is 8.14. The molecule has 0 aromatic rings. The highest BCUT2D eigenvalue weighted by atomic mass is 16.6. The average molecular weight is 420 g/mol. The van der Waals surface area contributed by atoms with Gasteiger partial charge in [0.05, 0.1) is 24.7 Å². The van der Waals surface area contributed by atoms with E-state index in [1.165, 1.54) is 13.0 Å². The molecule has 30 heavy (non-hydrogen) atoms. The van der Waals surface area contributed by atoms with Gasteiger partial charge in [-0.3, -0.25) is 4.79 Å². The molecule has 4 atom stereocenters. The Morgan fingerprint density at radius 3 is 2.60 bits per heavy atom. The molecule has 0 aromatic carbocycles. The molecule has 0 spiro atoms. The van der Waals surface area contributed by atoms with E-state index in [4.69, 9.17) is 19.3 Å². The van der Waals surface area contributed by atoms with Crippen LogP contribution in [0, 0.1) is 5.92 Å². The van der Waals surface area contributed by atoms with Gasteiger partial charge in [-0.25, -0.2) is 9.59 Å². The Balaban J connectivity index is 2.42. The lowest BCUT2D eigenvalue weighted by Crippen LogP contribution is -2.34. The molecule has 2 aliphatic rings. The first-order chi connectivity index (χ1) is 14.2. The van der Waals surface area contributed by atoms with Crippen LogP contribution in [-0.4, -0.2) is 59.6 Å². The van der Waals surface area contributed by atoms with Crippen molar-refractivity contribution in [3.05, 3.63) is 47.1 Å². The van der Waals surface area contributed by atoms with Crippen LogP contribution >= 0.6 is 0 Å². The number of aliphatic hydroxyl groups excluding tert-OH is 2. The molecule has 8 nitrogen and oxygen atoms in total. The van der Waals surface area contributed by atoms with Crippen molar-refractivity contribution >= 4 is 17.9 Å². The van der Waals surface area contributed by atoms with Crippen LogP contribution in [0.4, 0.5) is 0 Å². The van der Waals surface area contributed by atoms with Crippen molar-refractivity contribution < 1.29 is 38.8 Å². The second kappa shape index (κ2) is 10.4. The number of esters is 3. The van der Waals surface area contributed by atoms with Gasteiger partial charge < -0.3 is 24.4 Å². The zero-order valence-corrected chi connectivity index (χ0v) is 17.4. The summed E-state index contributed by atoms with van der Waals surface area (Å²) in [6.45, 7) is 7.76. The first-order valence-electron chi connectivity index (χ1n) is 9.70. The largest absolute Gasteiger partial charge is 0.458 e. The monoisotopic (exact) mass is 420 g/mol. The maximum atomic E-state index is 12.5. The third-order valence-corrected chi connectivity index (χ3v) is 5.14. The maximum Gasteiger partial charge on any atom is 0.336 e. The molecule has 0 radical (unpaired) electrons. The van der Waals surface area contributed by atoms with Crippen LogP contribution in [0.25, 0.3) is 0 Å². The Hall–Kier alpha value is -2.71. The zero-order valence-electron chi connectivity index (χ0n) is 17.4. The summed E-state index contributed by atoms with van der Waals surface area (Å²) in [6.07, 6.45) is 3.45. The molecule has 0 amide bonds. The van der Waals surface area contributed by atoms with Crippen molar-refractivity contribution in [2.24, 2.45) is 5.92 Å². The summed E-state index contributed by atoms with van der Waals surface area (Å²) in [4.78, 5) is 36.2. The SMILES string of the molecule is C=C1C(=O)O[C@@H]2/C=C(\C)[C@@H](OC(C)=O)C/C=C(\C)C[C@@H](OC(=O)/C(=C/CO)CO)[C@@H]12. The van der Waals surface area contributed by atoms with Gasteiger partial charge in [-0.15, -0.1) is 0 Å². The molecule has 8 heteroatoms. The molecule has 164 valence electrons. The van der Waals surface area contributed by atoms with Crippen LogP contribution in [0.2, 0.25) is 0 Å². The van der Waals surface area contributed by atoms with Crippen molar-refractivity contribution in [3.8, 4) is 0 Å². The lowest BCUT2D eigenvalue weighted by molar-refractivity contribution is -0.148. The minimum absolute atomic E-state index is 0.0784. The highest BCUT2D eigenvalue weighted by molar-refractivity contribution is 5.92. The Bertz CT molecular complexity index is 804. The van der Waals surface area contributed by atoms with Crippen molar-refractivity contribution in [1.29, 1.82) is 0 Å². The normalized spacial score (nSPS) is 30.9. The van der Waals surface area contributed by atoms with Gasteiger partial charge >= 0.3 is 17.9 Å². The van der Waals surface area contributed by atoms with Gasteiger partial charge in [0.15, 0.2) is 0 Å². The van der Waals surface area contributed by atoms with Crippen molar-refractivity contribution in [3.63, 3.8) is 0 Å². The molecule has 1 aliphatic carbocycles. The van der Waals surface area contributed by atoms with Crippen LogP contribution in [-0.2, 0) is 28.6 Å². The first kappa shape index (κ1) is 23.6. The molecule has 0 saturated carbocycles. The number of aliphatic hydroxyl groups is 2. The van der Waals surface area contributed by atoms with Crippen LogP contribution in [0.1, 0.15) is 33.6 Å². The quantitative estimate of drug-likeness (QED) is 0.297. The van der Waals surface area contributed by atoms with Crippen LogP contribution < -0.4 is 0 Å². The van der Waals surface area contributed by atoms with Gasteiger partial charge in [0.2, 0.25) is 0 Å². The fourth-order valence-electron chi connectivity index (χ4n) is 3.56. The predicted octanol–water partition coefficient (Wildman–Crippen LogP) is 1.53. The third-order valence-electron chi connectivity index (χ3n) is 5.14. The van der Waals surface area contributed by atoms with E-state index in [9.17, 15) is 19.5 Å². The van der Waals surface area contributed by atoms with E-state index in [-0.39, 0.29) is 11.1 Å². The predicted molar refractivity (Wildman–Crippen MR) is 107 cm³/mol. The fraction of sp³-hybridized carbons (Fsp3) is 0.500. The van der Waals surface area contributed by atoms with Crippen LogP contribution in [0.5, 0.6) is 0 Å². The minimum atomic E-state index is -0.786. The Morgan fingerprint density at radius 2 is 2.00 bits per heavy atom. The number of fused-ring (bicyclic) bond motifs is 1. The van der Waals surface area contributed by atoms with Gasteiger partial charge in [-0.1, -0.05) is 18.2 Å². The van der Waals surface area contributed by atoms with Crippen LogP contribution in [0.3, 0.4) is 0 Å². The fourth-order valence-corrected chi connectivity index (χ4v) is 3.56. The third kappa shape index (κ3) is 5.67. The Morgan fingerprint density at radius 1 is 1.30 bits per heavy atom. The van der Waals surface area contributed by atoms with E-state index in [1.807, 2.05) is 13.0 Å². The lowest BCUT2D eigenvalue weighted by Gasteiger charge is -2.28. The summed E-state index contributed by atoms with van der Waals surface area (Å²) < 4.78 is 16.5. The number of rotatable bonds is 5. The topological polar surface area (TPSA) is 119 Å². The summed E-state index contributed by atoms with van der Waals surface area (Å²) in [5, 5.41) is 18.4. The van der Waals surface area contributed by atoms with Gasteiger partial charge in [0.25, 0.3) is 0 Å². The standard InChI is InChI=1S/C22H28O8/c1-12-5-6-17(28-15(4)25)13(2)10-19-20(14(3)21(26)29-19)18(9-12)30-22(27)16(11-24)7-8-23/h5,7,10,17-20,23-24H,3,6,8-9,11H2,1-2,4H3/b12-5+,13-10+,16-7+/t17-,18+,19+,20+/m0/s1. The molecule has 0 unspecified atom stereocenters. The van der Waals surface area contributed by atoms with Crippen molar-refractivity contribution in [2.45, 2.75) is 51.9 Å². The van der Waals surface area contributed by atoms with Gasteiger partial charge in [0.1, 0.15) is 18.3 Å². The molecule has 2 rings (SSSR count).